The van der Waals surface area contributed by atoms with E-state index >= 15 is 0 Å². The Morgan fingerprint density at radius 3 is 2.59 bits per heavy atom. The monoisotopic (exact) mass is 631 g/mol. The number of halogens is 1. The number of nitrogens with one attached hydrogen (secondary N) is 1. The van der Waals surface area contributed by atoms with Crippen LogP contribution >= 0.6 is 34.7 Å². The number of allylic oxidation sites excluding steroid dienone is 1. The molecule has 0 amide bonds. The number of rotatable bonds is 7. The molecule has 4 aromatic carbocycles. The molecular formula is C34H22ClN5O2S2. The smallest absolute Gasteiger partial charge is 0.255 e. The third-order valence-electron chi connectivity index (χ3n) is 7.00. The van der Waals surface area contributed by atoms with Crippen molar-refractivity contribution in [2.24, 2.45) is 0 Å². The molecule has 0 spiro atoms. The first-order chi connectivity index (χ1) is 21.4. The first-order valence-corrected chi connectivity index (χ1v) is 15.7. The zero-order valence-corrected chi connectivity index (χ0v) is 25.6. The fourth-order valence-electron chi connectivity index (χ4n) is 4.84. The fourth-order valence-corrected chi connectivity index (χ4v) is 6.71. The van der Waals surface area contributed by atoms with Gasteiger partial charge >= 0.3 is 0 Å². The van der Waals surface area contributed by atoms with Crippen molar-refractivity contribution in [2.75, 3.05) is 5.32 Å². The Hall–Kier alpha value is -4.83. The predicted octanol–water partition coefficient (Wildman–Crippen LogP) is 9.03. The maximum absolute atomic E-state index is 13.2. The lowest BCUT2D eigenvalue weighted by Gasteiger charge is -2.09. The van der Waals surface area contributed by atoms with Crippen LogP contribution in [0, 0.1) is 6.92 Å². The standard InChI is InChI=1S/C34H22ClN5O2S2/c1-20-16-31(40-33(36-20)38-34(39-40)44-32(42)28-19-43-30-15-11-25(35)18-27(28)30)37-26-12-9-23(10-13-26)29(41)14-7-21-6-8-22-4-2-3-5-24(22)17-21/h2-19,37H,1H3/b14-7+. The van der Waals surface area contributed by atoms with Crippen LogP contribution < -0.4 is 5.32 Å². The van der Waals surface area contributed by atoms with Gasteiger partial charge < -0.3 is 5.32 Å². The summed E-state index contributed by atoms with van der Waals surface area (Å²) in [6.45, 7) is 1.86. The molecule has 44 heavy (non-hydrogen) atoms. The van der Waals surface area contributed by atoms with Crippen molar-refractivity contribution >= 4 is 89.8 Å². The molecule has 7 nitrogen and oxygen atoms in total. The van der Waals surface area contributed by atoms with Crippen LogP contribution in [0.4, 0.5) is 11.5 Å². The molecule has 0 aliphatic heterocycles. The number of carbonyl (C=O) groups is 2. The minimum atomic E-state index is -0.171. The summed E-state index contributed by atoms with van der Waals surface area (Å²) in [5.74, 6) is 0.907. The number of aromatic nitrogens is 4. The Kier molecular flexibility index (Phi) is 7.43. The summed E-state index contributed by atoms with van der Waals surface area (Å²) in [4.78, 5) is 35.0. The van der Waals surface area contributed by atoms with Gasteiger partial charge in [-0.05, 0) is 89.6 Å². The van der Waals surface area contributed by atoms with E-state index in [4.69, 9.17) is 11.6 Å². The van der Waals surface area contributed by atoms with Crippen molar-refractivity contribution in [3.8, 4) is 0 Å². The Bertz CT molecular complexity index is 2260. The van der Waals surface area contributed by atoms with E-state index in [1.165, 1.54) is 11.3 Å². The molecule has 1 N–H and O–H groups in total. The number of benzene rings is 4. The number of anilines is 2. The first kappa shape index (κ1) is 28.0. The number of thioether (sulfide) groups is 1. The van der Waals surface area contributed by atoms with Gasteiger partial charge in [0.2, 0.25) is 10.3 Å². The van der Waals surface area contributed by atoms with Crippen LogP contribution in [-0.4, -0.2) is 30.5 Å². The molecule has 7 aromatic rings. The topological polar surface area (TPSA) is 89.3 Å². The van der Waals surface area contributed by atoms with Crippen molar-refractivity contribution in [3.63, 3.8) is 0 Å². The van der Waals surface area contributed by atoms with Gasteiger partial charge in [0.1, 0.15) is 5.82 Å². The van der Waals surface area contributed by atoms with Gasteiger partial charge in [0, 0.05) is 49.1 Å². The molecule has 0 aliphatic carbocycles. The van der Waals surface area contributed by atoms with E-state index in [1.807, 2.05) is 73.0 Å². The number of nitrogens with zero attached hydrogens (tertiary/aromatic N) is 4. The number of hydrogen-bond acceptors (Lipinski definition) is 8. The number of carbonyl (C=O) groups excluding carboxylic acids is 2. The second-order valence-electron chi connectivity index (χ2n) is 10.1. The summed E-state index contributed by atoms with van der Waals surface area (Å²) in [5, 5.41) is 13.5. The minimum Gasteiger partial charge on any atom is -0.340 e. The molecule has 3 heterocycles. The maximum Gasteiger partial charge on any atom is 0.255 e. The molecular weight excluding hydrogens is 610 g/mol. The van der Waals surface area contributed by atoms with Crippen LogP contribution in [0.5, 0.6) is 0 Å². The normalized spacial score (nSPS) is 11.6. The van der Waals surface area contributed by atoms with E-state index in [0.29, 0.717) is 27.7 Å². The van der Waals surface area contributed by atoms with Gasteiger partial charge in [-0.25, -0.2) is 4.98 Å². The summed E-state index contributed by atoms with van der Waals surface area (Å²) in [6.07, 6.45) is 3.42. The molecule has 7 rings (SSSR count). The Morgan fingerprint density at radius 1 is 0.932 bits per heavy atom. The number of ketones is 1. The third kappa shape index (κ3) is 5.72. The minimum absolute atomic E-state index is 0.0878. The van der Waals surface area contributed by atoms with Crippen LogP contribution in [0.15, 0.2) is 108 Å². The second-order valence-corrected chi connectivity index (χ2v) is 12.4. The van der Waals surface area contributed by atoms with Crippen molar-refractivity contribution in [1.82, 2.24) is 19.6 Å². The largest absolute Gasteiger partial charge is 0.340 e. The van der Waals surface area contributed by atoms with Gasteiger partial charge in [-0.3, -0.25) is 9.59 Å². The van der Waals surface area contributed by atoms with E-state index in [1.54, 1.807) is 28.8 Å². The second kappa shape index (κ2) is 11.7. The van der Waals surface area contributed by atoms with Crippen LogP contribution in [0.1, 0.15) is 32.0 Å². The summed E-state index contributed by atoms with van der Waals surface area (Å²) in [5.41, 5.74) is 3.60. The van der Waals surface area contributed by atoms with Gasteiger partial charge in [-0.2, -0.15) is 9.50 Å². The van der Waals surface area contributed by atoms with Crippen molar-refractivity contribution < 1.29 is 9.59 Å². The molecule has 0 unspecified atom stereocenters. The van der Waals surface area contributed by atoms with Crippen LogP contribution in [0.2, 0.25) is 5.02 Å². The molecule has 0 bridgehead atoms. The molecule has 214 valence electrons. The van der Waals surface area contributed by atoms with Crippen LogP contribution in [0.25, 0.3) is 32.7 Å². The van der Waals surface area contributed by atoms with Crippen molar-refractivity contribution in [1.29, 1.82) is 0 Å². The van der Waals surface area contributed by atoms with E-state index in [-0.39, 0.29) is 16.1 Å². The van der Waals surface area contributed by atoms with Crippen LogP contribution in [-0.2, 0) is 0 Å². The summed E-state index contributed by atoms with van der Waals surface area (Å²) in [6, 6.07) is 28.8. The predicted molar refractivity (Wildman–Crippen MR) is 180 cm³/mol. The summed E-state index contributed by atoms with van der Waals surface area (Å²) >= 11 is 8.60. The number of thiophene rings is 1. The van der Waals surface area contributed by atoms with Crippen molar-refractivity contribution in [2.45, 2.75) is 12.1 Å². The summed E-state index contributed by atoms with van der Waals surface area (Å²) in [7, 11) is 0. The highest BCUT2D eigenvalue weighted by molar-refractivity contribution is 8.14. The molecule has 0 saturated heterocycles. The van der Waals surface area contributed by atoms with Crippen molar-refractivity contribution in [3.05, 3.63) is 130 Å². The molecule has 0 radical (unpaired) electrons. The number of fused-ring (bicyclic) bond motifs is 3. The number of hydrogen-bond donors (Lipinski definition) is 1. The summed E-state index contributed by atoms with van der Waals surface area (Å²) < 4.78 is 2.55. The van der Waals surface area contributed by atoms with Gasteiger partial charge in [-0.15, -0.1) is 16.4 Å². The highest BCUT2D eigenvalue weighted by Gasteiger charge is 2.19. The Labute approximate surface area is 265 Å². The van der Waals surface area contributed by atoms with E-state index in [0.717, 1.165) is 49.6 Å². The van der Waals surface area contributed by atoms with Gasteiger partial charge in [0.15, 0.2) is 5.78 Å². The highest BCUT2D eigenvalue weighted by atomic mass is 35.5. The Balaban J connectivity index is 1.07. The van der Waals surface area contributed by atoms with Gasteiger partial charge in [-0.1, -0.05) is 54.1 Å². The van der Waals surface area contributed by atoms with Crippen LogP contribution in [0.3, 0.4) is 0 Å². The average molecular weight is 632 g/mol. The molecule has 0 atom stereocenters. The SMILES string of the molecule is Cc1cc(Nc2ccc(C(=O)/C=C/c3ccc4ccccc4c3)cc2)n2nc(SC(=O)c3csc4ccc(Cl)cc34)nc2n1. The molecule has 10 heteroatoms. The van der Waals surface area contributed by atoms with Gasteiger partial charge in [0.25, 0.3) is 5.78 Å². The fraction of sp³-hybridized carbons (Fsp3) is 0.0294. The molecule has 3 aromatic heterocycles. The highest BCUT2D eigenvalue weighted by Crippen LogP contribution is 2.33. The number of aryl methyl sites for hydroxylation is 1. The average Bonchev–Trinajstić information content (AvgIpc) is 3.63. The zero-order valence-electron chi connectivity index (χ0n) is 23.2. The molecule has 0 aliphatic rings. The lowest BCUT2D eigenvalue weighted by Crippen LogP contribution is -2.03. The quantitative estimate of drug-likeness (QED) is 0.107. The molecule has 0 fully saturated rings. The van der Waals surface area contributed by atoms with E-state index in [2.05, 4.69) is 38.6 Å². The zero-order chi connectivity index (χ0) is 30.2. The third-order valence-corrected chi connectivity index (χ3v) is 8.96. The molecule has 0 saturated carbocycles. The lowest BCUT2D eigenvalue weighted by atomic mass is 10.1. The van der Waals surface area contributed by atoms with E-state index < -0.39 is 0 Å². The van der Waals surface area contributed by atoms with Gasteiger partial charge in [0.05, 0.1) is 0 Å². The Morgan fingerprint density at radius 2 is 1.75 bits per heavy atom. The first-order valence-electron chi connectivity index (χ1n) is 13.6. The van der Waals surface area contributed by atoms with E-state index in [9.17, 15) is 9.59 Å². The lowest BCUT2D eigenvalue weighted by molar-refractivity contribution is 0.104. The maximum atomic E-state index is 13.2.